The van der Waals surface area contributed by atoms with Crippen LogP contribution in [0.2, 0.25) is 0 Å². The number of rotatable bonds is 5. The van der Waals surface area contributed by atoms with Gasteiger partial charge in [-0.25, -0.2) is 4.79 Å². The average Bonchev–Trinajstić information content (AvgIpc) is 2.49. The van der Waals surface area contributed by atoms with E-state index in [1.807, 2.05) is 6.92 Å². The molecule has 0 saturated heterocycles. The predicted molar refractivity (Wildman–Crippen MR) is 85.9 cm³/mol. The fourth-order valence-electron chi connectivity index (χ4n) is 1.41. The normalized spacial score (nSPS) is 10.9. The van der Waals surface area contributed by atoms with Gasteiger partial charge in [0.25, 0.3) is 5.17 Å². The van der Waals surface area contributed by atoms with Crippen LogP contribution in [0.1, 0.15) is 5.56 Å². The van der Waals surface area contributed by atoms with E-state index in [1.54, 1.807) is 37.2 Å². The van der Waals surface area contributed by atoms with Gasteiger partial charge in [-0.3, -0.25) is 0 Å². The Morgan fingerprint density at radius 1 is 1.36 bits per heavy atom. The van der Waals surface area contributed by atoms with Crippen LogP contribution in [0.4, 0.5) is 0 Å². The second-order valence-corrected chi connectivity index (χ2v) is 4.88. The number of hydrogen-bond acceptors (Lipinski definition) is 6. The van der Waals surface area contributed by atoms with Crippen molar-refractivity contribution >= 4 is 23.4 Å². The van der Waals surface area contributed by atoms with Gasteiger partial charge in [-0.15, -0.1) is 0 Å². The average molecular weight is 325 g/mol. The molecule has 0 spiro atoms. The van der Waals surface area contributed by atoms with Crippen molar-refractivity contribution in [1.29, 1.82) is 0 Å². The summed E-state index contributed by atoms with van der Waals surface area (Å²) < 4.78 is 15.6. The number of esters is 1. The van der Waals surface area contributed by atoms with Crippen LogP contribution < -0.4 is 9.47 Å². The third-order valence-electron chi connectivity index (χ3n) is 2.61. The highest BCUT2D eigenvalue weighted by atomic mass is 32.1. The first kappa shape index (κ1) is 17.9. The van der Waals surface area contributed by atoms with Crippen LogP contribution in [0.3, 0.4) is 0 Å². The van der Waals surface area contributed by atoms with E-state index in [9.17, 15) is 4.79 Å². The molecule has 0 aromatic heterocycles. The number of aliphatic hydroxyl groups is 1. The molecule has 1 aromatic carbocycles. The summed E-state index contributed by atoms with van der Waals surface area (Å²) >= 11 is 5.07. The Kier molecular flexibility index (Phi) is 6.81. The van der Waals surface area contributed by atoms with E-state index in [1.165, 1.54) is 13.2 Å². The molecule has 0 amide bonds. The van der Waals surface area contributed by atoms with Gasteiger partial charge < -0.3 is 24.2 Å². The number of carbonyl (C=O) groups is 1. The Morgan fingerprint density at radius 3 is 2.59 bits per heavy atom. The summed E-state index contributed by atoms with van der Waals surface area (Å²) in [5.41, 5.74) is 0.788. The number of carbonyl (C=O) groups excluding carboxylic acids is 1. The largest absolute Gasteiger partial charge is 0.463 e. The lowest BCUT2D eigenvalue weighted by atomic mass is 10.2. The molecule has 0 saturated carbocycles. The van der Waals surface area contributed by atoms with E-state index in [2.05, 4.69) is 4.74 Å². The Hall–Kier alpha value is -2.12. The molecule has 1 aromatic rings. The van der Waals surface area contributed by atoms with Crippen molar-refractivity contribution < 1.29 is 24.1 Å². The van der Waals surface area contributed by atoms with Crippen LogP contribution in [-0.2, 0) is 9.53 Å². The van der Waals surface area contributed by atoms with Crippen LogP contribution in [0, 0.1) is 6.92 Å². The number of aryl methyl sites for hydroxylation is 1. The number of nitrogens with zero attached hydrogens (tertiary/aromatic N) is 1. The van der Waals surface area contributed by atoms with Crippen molar-refractivity contribution in [2.75, 3.05) is 27.8 Å². The summed E-state index contributed by atoms with van der Waals surface area (Å²) in [6.45, 7) is 1.47. The molecule has 0 atom stereocenters. The van der Waals surface area contributed by atoms with E-state index >= 15 is 0 Å². The van der Waals surface area contributed by atoms with E-state index in [-0.39, 0.29) is 12.4 Å². The van der Waals surface area contributed by atoms with Crippen molar-refractivity contribution in [1.82, 2.24) is 4.90 Å². The highest BCUT2D eigenvalue weighted by molar-refractivity contribution is 7.80. The maximum absolute atomic E-state index is 11.6. The molecule has 120 valence electrons. The van der Waals surface area contributed by atoms with E-state index in [0.29, 0.717) is 16.7 Å². The number of aliphatic hydroxyl groups excluding tert-OH is 1. The molecule has 0 fully saturated rings. The van der Waals surface area contributed by atoms with Gasteiger partial charge in [-0.2, -0.15) is 0 Å². The predicted octanol–water partition coefficient (Wildman–Crippen LogP) is 1.65. The topological polar surface area (TPSA) is 68.2 Å². The Morgan fingerprint density at radius 2 is 2.05 bits per heavy atom. The monoisotopic (exact) mass is 325 g/mol. The van der Waals surface area contributed by atoms with Crippen molar-refractivity contribution in [3.8, 4) is 11.5 Å². The van der Waals surface area contributed by atoms with Crippen LogP contribution in [-0.4, -0.2) is 49.0 Å². The lowest BCUT2D eigenvalue weighted by Gasteiger charge is -2.16. The molecule has 22 heavy (non-hydrogen) atoms. The van der Waals surface area contributed by atoms with Gasteiger partial charge in [0.2, 0.25) is 5.76 Å². The van der Waals surface area contributed by atoms with E-state index in [0.717, 1.165) is 5.56 Å². The summed E-state index contributed by atoms with van der Waals surface area (Å²) in [5.74, 6) is 0.112. The minimum Gasteiger partial charge on any atom is -0.463 e. The molecule has 0 heterocycles. The molecule has 0 aliphatic carbocycles. The lowest BCUT2D eigenvalue weighted by Crippen LogP contribution is -2.25. The summed E-state index contributed by atoms with van der Waals surface area (Å²) in [4.78, 5) is 13.2. The molecule has 7 heteroatoms. The summed E-state index contributed by atoms with van der Waals surface area (Å²) in [6.07, 6.45) is 1.23. The Bertz CT molecular complexity index is 583. The minimum atomic E-state index is -0.677. The van der Waals surface area contributed by atoms with Crippen molar-refractivity contribution in [3.63, 3.8) is 0 Å². The lowest BCUT2D eigenvalue weighted by molar-refractivity contribution is -0.138. The minimum absolute atomic E-state index is 0.0968. The van der Waals surface area contributed by atoms with Crippen LogP contribution >= 0.6 is 12.2 Å². The molecular weight excluding hydrogens is 306 g/mol. The maximum Gasteiger partial charge on any atom is 0.373 e. The molecule has 0 aliphatic heterocycles. The first-order valence-corrected chi connectivity index (χ1v) is 6.86. The second kappa shape index (κ2) is 8.35. The highest BCUT2D eigenvalue weighted by Crippen LogP contribution is 2.26. The molecule has 0 unspecified atom stereocenters. The first-order valence-electron chi connectivity index (χ1n) is 6.46. The standard InChI is InChI=1S/C15H19NO5S/c1-10-5-6-11(20-15(22)16(2)3)9-13(10)21-12(7-8-17)14(18)19-4/h5-7,9,17H,8H2,1-4H3/b12-7-. The fourth-order valence-corrected chi connectivity index (χ4v) is 1.51. The fraction of sp³-hybridized carbons (Fsp3) is 0.333. The Balaban J connectivity index is 3.01. The van der Waals surface area contributed by atoms with Crippen LogP contribution in [0.15, 0.2) is 30.0 Å². The summed E-state index contributed by atoms with van der Waals surface area (Å²) in [6, 6.07) is 5.13. The van der Waals surface area contributed by atoms with Crippen molar-refractivity contribution in [2.45, 2.75) is 6.92 Å². The third kappa shape index (κ3) is 5.01. The molecule has 0 radical (unpaired) electrons. The zero-order chi connectivity index (χ0) is 16.7. The molecule has 1 rings (SSSR count). The van der Waals surface area contributed by atoms with Gasteiger partial charge in [0.05, 0.1) is 13.7 Å². The number of ether oxygens (including phenoxy) is 3. The van der Waals surface area contributed by atoms with Crippen LogP contribution in [0.5, 0.6) is 11.5 Å². The first-order chi connectivity index (χ1) is 10.4. The number of methoxy groups -OCH3 is 1. The molecule has 6 nitrogen and oxygen atoms in total. The van der Waals surface area contributed by atoms with Crippen LogP contribution in [0.25, 0.3) is 0 Å². The van der Waals surface area contributed by atoms with Gasteiger partial charge in [0.15, 0.2) is 0 Å². The van der Waals surface area contributed by atoms with Gasteiger partial charge in [0.1, 0.15) is 11.5 Å². The zero-order valence-electron chi connectivity index (χ0n) is 13.0. The van der Waals surface area contributed by atoms with Crippen molar-refractivity contribution in [3.05, 3.63) is 35.6 Å². The SMILES string of the molecule is COC(=O)/C(=C/CO)Oc1cc(OC(=S)N(C)C)ccc1C. The number of hydrogen-bond donors (Lipinski definition) is 1. The maximum atomic E-state index is 11.6. The van der Waals surface area contributed by atoms with E-state index < -0.39 is 5.97 Å². The molecule has 0 aliphatic rings. The van der Waals surface area contributed by atoms with Gasteiger partial charge in [-0.05, 0) is 36.8 Å². The molecule has 1 N–H and O–H groups in total. The summed E-state index contributed by atoms with van der Waals surface area (Å²) in [7, 11) is 4.78. The van der Waals surface area contributed by atoms with Gasteiger partial charge in [0, 0.05) is 20.2 Å². The van der Waals surface area contributed by atoms with Crippen molar-refractivity contribution in [2.24, 2.45) is 0 Å². The zero-order valence-corrected chi connectivity index (χ0v) is 13.8. The smallest absolute Gasteiger partial charge is 0.373 e. The number of thiocarbonyl (C=S) groups is 1. The Labute approximate surface area is 134 Å². The van der Waals surface area contributed by atoms with E-state index in [4.69, 9.17) is 26.8 Å². The van der Waals surface area contributed by atoms with Gasteiger partial charge in [-0.1, -0.05) is 6.07 Å². The quantitative estimate of drug-likeness (QED) is 0.382. The molecular formula is C15H19NO5S. The molecule has 0 bridgehead atoms. The number of benzene rings is 1. The summed E-state index contributed by atoms with van der Waals surface area (Å²) in [5, 5.41) is 9.25. The highest BCUT2D eigenvalue weighted by Gasteiger charge is 2.14. The second-order valence-electron chi connectivity index (χ2n) is 4.53. The third-order valence-corrected chi connectivity index (χ3v) is 3.06. The van der Waals surface area contributed by atoms with Gasteiger partial charge >= 0.3 is 5.97 Å².